The number of thioether (sulfide) groups is 1. The SMILES string of the molecule is Cc1ccc(Cl)cc1-n1c(SCc2nc(C(=O)NC(C)(C)C)cs2)nnc1-c1ccncc1. The first kappa shape index (κ1) is 23.4. The van der Waals surface area contributed by atoms with E-state index in [0.717, 1.165) is 21.8 Å². The smallest absolute Gasteiger partial charge is 0.271 e. The number of nitrogens with one attached hydrogen (secondary N) is 1. The fourth-order valence-corrected chi connectivity index (χ4v) is 5.01. The number of halogens is 1. The van der Waals surface area contributed by atoms with Gasteiger partial charge in [-0.2, -0.15) is 0 Å². The molecule has 0 aliphatic carbocycles. The Kier molecular flexibility index (Phi) is 6.83. The van der Waals surface area contributed by atoms with Crippen LogP contribution in [0.5, 0.6) is 0 Å². The topological polar surface area (TPSA) is 85.6 Å². The molecule has 170 valence electrons. The molecule has 0 bridgehead atoms. The molecule has 0 saturated carbocycles. The van der Waals surface area contributed by atoms with Crippen LogP contribution in [0.2, 0.25) is 5.02 Å². The Bertz CT molecular complexity index is 1280. The Morgan fingerprint density at radius 1 is 1.18 bits per heavy atom. The molecule has 0 fully saturated rings. The molecule has 0 radical (unpaired) electrons. The van der Waals surface area contributed by atoms with Crippen molar-refractivity contribution in [1.29, 1.82) is 0 Å². The fourth-order valence-electron chi connectivity index (χ4n) is 3.10. The molecule has 3 heterocycles. The predicted molar refractivity (Wildman–Crippen MR) is 133 cm³/mol. The number of aryl methyl sites for hydroxylation is 1. The molecule has 0 aliphatic heterocycles. The van der Waals surface area contributed by atoms with Crippen LogP contribution in [0.1, 0.15) is 41.8 Å². The van der Waals surface area contributed by atoms with Crippen LogP contribution in [0.3, 0.4) is 0 Å². The van der Waals surface area contributed by atoms with Gasteiger partial charge < -0.3 is 5.32 Å². The zero-order valence-corrected chi connectivity index (χ0v) is 21.1. The summed E-state index contributed by atoms with van der Waals surface area (Å²) in [7, 11) is 0. The highest BCUT2D eigenvalue weighted by Gasteiger charge is 2.20. The molecule has 1 aromatic carbocycles. The monoisotopic (exact) mass is 498 g/mol. The predicted octanol–water partition coefficient (Wildman–Crippen LogP) is 5.57. The summed E-state index contributed by atoms with van der Waals surface area (Å²) in [6, 6.07) is 9.55. The first-order chi connectivity index (χ1) is 15.7. The van der Waals surface area contributed by atoms with Crippen molar-refractivity contribution < 1.29 is 4.79 Å². The Balaban J connectivity index is 1.63. The molecule has 0 aliphatic rings. The van der Waals surface area contributed by atoms with Crippen molar-refractivity contribution in [3.05, 3.63) is 69.4 Å². The van der Waals surface area contributed by atoms with Crippen molar-refractivity contribution in [3.8, 4) is 17.1 Å². The van der Waals surface area contributed by atoms with Crippen LogP contribution in [0.4, 0.5) is 0 Å². The van der Waals surface area contributed by atoms with Crippen LogP contribution < -0.4 is 5.32 Å². The van der Waals surface area contributed by atoms with Crippen molar-refractivity contribution in [2.24, 2.45) is 0 Å². The number of hydrogen-bond donors (Lipinski definition) is 1. The van der Waals surface area contributed by atoms with E-state index in [1.54, 1.807) is 17.8 Å². The summed E-state index contributed by atoms with van der Waals surface area (Å²) in [4.78, 5) is 21.0. The van der Waals surface area contributed by atoms with Gasteiger partial charge in [0.25, 0.3) is 5.91 Å². The Morgan fingerprint density at radius 2 is 1.94 bits per heavy atom. The lowest BCUT2D eigenvalue weighted by Gasteiger charge is -2.19. The van der Waals surface area contributed by atoms with Crippen LogP contribution in [-0.2, 0) is 5.75 Å². The molecule has 7 nitrogen and oxygen atoms in total. The normalized spacial score (nSPS) is 11.5. The minimum Gasteiger partial charge on any atom is -0.346 e. The maximum Gasteiger partial charge on any atom is 0.271 e. The van der Waals surface area contributed by atoms with Crippen molar-refractivity contribution in [1.82, 2.24) is 30.0 Å². The van der Waals surface area contributed by atoms with Gasteiger partial charge >= 0.3 is 0 Å². The van der Waals surface area contributed by atoms with Gasteiger partial charge in [0.05, 0.1) is 11.4 Å². The van der Waals surface area contributed by atoms with E-state index in [2.05, 4.69) is 25.5 Å². The first-order valence-corrected chi connectivity index (χ1v) is 12.5. The summed E-state index contributed by atoms with van der Waals surface area (Å²) in [5, 5.41) is 15.8. The van der Waals surface area contributed by atoms with Gasteiger partial charge in [-0.15, -0.1) is 21.5 Å². The molecular weight excluding hydrogens is 476 g/mol. The van der Waals surface area contributed by atoms with Gasteiger partial charge in [0.15, 0.2) is 11.0 Å². The van der Waals surface area contributed by atoms with Crippen LogP contribution >= 0.6 is 34.7 Å². The van der Waals surface area contributed by atoms with Gasteiger partial charge in [0, 0.05) is 33.9 Å². The van der Waals surface area contributed by atoms with Crippen LogP contribution in [0.25, 0.3) is 17.1 Å². The largest absolute Gasteiger partial charge is 0.346 e. The Labute approximate surface area is 205 Å². The van der Waals surface area contributed by atoms with E-state index < -0.39 is 0 Å². The zero-order chi connectivity index (χ0) is 23.6. The summed E-state index contributed by atoms with van der Waals surface area (Å²) in [6.45, 7) is 7.86. The number of carbonyl (C=O) groups excluding carboxylic acids is 1. The summed E-state index contributed by atoms with van der Waals surface area (Å²) in [6.07, 6.45) is 3.46. The average Bonchev–Trinajstić information content (AvgIpc) is 3.40. The number of pyridine rings is 1. The third kappa shape index (κ3) is 5.61. The molecule has 0 spiro atoms. The molecule has 33 heavy (non-hydrogen) atoms. The molecule has 0 atom stereocenters. The fraction of sp³-hybridized carbons (Fsp3) is 0.261. The third-order valence-corrected chi connectivity index (χ3v) is 6.79. The van der Waals surface area contributed by atoms with Crippen LogP contribution in [-0.4, -0.2) is 36.2 Å². The van der Waals surface area contributed by atoms with Crippen molar-refractivity contribution in [2.75, 3.05) is 0 Å². The molecular formula is C23H23ClN6OS2. The second-order valence-electron chi connectivity index (χ2n) is 8.43. The quantitative estimate of drug-likeness (QED) is 0.350. The van der Waals surface area contributed by atoms with E-state index in [0.29, 0.717) is 27.5 Å². The van der Waals surface area contributed by atoms with E-state index in [1.807, 2.05) is 62.6 Å². The highest BCUT2D eigenvalue weighted by Crippen LogP contribution is 2.32. The van der Waals surface area contributed by atoms with Gasteiger partial charge in [-0.1, -0.05) is 29.4 Å². The van der Waals surface area contributed by atoms with Crippen molar-refractivity contribution >= 4 is 40.6 Å². The minimum atomic E-state index is -0.315. The number of aromatic nitrogens is 5. The number of rotatable bonds is 6. The molecule has 10 heteroatoms. The molecule has 4 aromatic rings. The first-order valence-electron chi connectivity index (χ1n) is 10.2. The van der Waals surface area contributed by atoms with E-state index in [-0.39, 0.29) is 11.4 Å². The molecule has 1 N–H and O–H groups in total. The highest BCUT2D eigenvalue weighted by molar-refractivity contribution is 7.98. The average molecular weight is 499 g/mol. The van der Waals surface area contributed by atoms with Gasteiger partial charge in [-0.05, 0) is 57.5 Å². The van der Waals surface area contributed by atoms with E-state index in [9.17, 15) is 4.79 Å². The third-order valence-electron chi connectivity index (χ3n) is 4.58. The number of thiazole rings is 1. The zero-order valence-electron chi connectivity index (χ0n) is 18.7. The van der Waals surface area contributed by atoms with Crippen LogP contribution in [0.15, 0.2) is 53.3 Å². The number of carbonyl (C=O) groups is 1. The number of amides is 1. The maximum absolute atomic E-state index is 12.4. The summed E-state index contributed by atoms with van der Waals surface area (Å²) >= 11 is 9.28. The molecule has 0 unspecified atom stereocenters. The highest BCUT2D eigenvalue weighted by atomic mass is 35.5. The Morgan fingerprint density at radius 3 is 2.67 bits per heavy atom. The lowest BCUT2D eigenvalue weighted by atomic mass is 10.1. The van der Waals surface area contributed by atoms with E-state index in [4.69, 9.17) is 11.6 Å². The molecule has 1 amide bonds. The van der Waals surface area contributed by atoms with Gasteiger partial charge in [0.2, 0.25) is 0 Å². The molecule has 0 saturated heterocycles. The number of nitrogens with zero attached hydrogens (tertiary/aromatic N) is 5. The van der Waals surface area contributed by atoms with Gasteiger partial charge in [-0.25, -0.2) is 4.98 Å². The van der Waals surface area contributed by atoms with E-state index in [1.165, 1.54) is 23.1 Å². The second-order valence-corrected chi connectivity index (χ2v) is 10.7. The van der Waals surface area contributed by atoms with Crippen molar-refractivity contribution in [2.45, 2.75) is 44.1 Å². The summed E-state index contributed by atoms with van der Waals surface area (Å²) in [5.41, 5.74) is 2.97. The standard InChI is InChI=1S/C23H23ClN6OS2/c1-14-5-6-16(24)11-18(14)30-20(15-7-9-25-10-8-15)28-29-22(30)33-13-19-26-17(12-32-19)21(31)27-23(2,3)4/h5-12H,13H2,1-4H3,(H,27,31). The lowest BCUT2D eigenvalue weighted by Crippen LogP contribution is -2.40. The number of hydrogen-bond acceptors (Lipinski definition) is 7. The van der Waals surface area contributed by atoms with E-state index >= 15 is 0 Å². The lowest BCUT2D eigenvalue weighted by molar-refractivity contribution is 0.0915. The second kappa shape index (κ2) is 9.62. The van der Waals surface area contributed by atoms with Crippen LogP contribution in [0, 0.1) is 6.92 Å². The van der Waals surface area contributed by atoms with Gasteiger partial charge in [-0.3, -0.25) is 14.3 Å². The summed E-state index contributed by atoms with van der Waals surface area (Å²) < 4.78 is 2.00. The van der Waals surface area contributed by atoms with Crippen molar-refractivity contribution in [3.63, 3.8) is 0 Å². The number of benzene rings is 1. The maximum atomic E-state index is 12.4. The molecule has 4 rings (SSSR count). The Hall–Kier alpha value is -2.75. The minimum absolute atomic E-state index is 0.173. The summed E-state index contributed by atoms with van der Waals surface area (Å²) in [5.74, 6) is 1.09. The molecule has 3 aromatic heterocycles. The van der Waals surface area contributed by atoms with Gasteiger partial charge in [0.1, 0.15) is 10.7 Å².